The van der Waals surface area contributed by atoms with E-state index in [4.69, 9.17) is 4.74 Å². The van der Waals surface area contributed by atoms with E-state index in [2.05, 4.69) is 9.97 Å². The van der Waals surface area contributed by atoms with Crippen molar-refractivity contribution in [1.82, 2.24) is 9.97 Å². The molecule has 0 atom stereocenters. The predicted octanol–water partition coefficient (Wildman–Crippen LogP) is 4.52. The number of hydrogen-bond acceptors (Lipinski definition) is 5. The number of carbonyl (C=O) groups is 1. The number of nitrogens with one attached hydrogen (secondary N) is 1. The molecule has 0 unspecified atom stereocenters. The zero-order valence-electron chi connectivity index (χ0n) is 15.6. The second kappa shape index (κ2) is 7.55. The lowest BCUT2D eigenvalue weighted by molar-refractivity contribution is -0.384. The number of rotatable bonds is 5. The third kappa shape index (κ3) is 3.58. The van der Waals surface area contributed by atoms with Gasteiger partial charge in [0.1, 0.15) is 5.69 Å². The van der Waals surface area contributed by atoms with Crippen LogP contribution in [0.4, 0.5) is 5.69 Å². The molecule has 4 rings (SSSR count). The molecule has 0 radical (unpaired) electrons. The van der Waals surface area contributed by atoms with E-state index in [-0.39, 0.29) is 11.4 Å². The van der Waals surface area contributed by atoms with Crippen LogP contribution in [0.15, 0.2) is 66.7 Å². The average molecular weight is 387 g/mol. The highest BCUT2D eigenvalue weighted by Crippen LogP contribution is 2.33. The smallest absolute Gasteiger partial charge is 0.356 e. The number of nitro benzene ring substituents is 1. The molecule has 0 aliphatic carbocycles. The summed E-state index contributed by atoms with van der Waals surface area (Å²) in [5.74, 6) is -0.496. The molecule has 0 spiro atoms. The van der Waals surface area contributed by atoms with Crippen molar-refractivity contribution in [3.63, 3.8) is 0 Å². The molecule has 1 N–H and O–H groups in total. The van der Waals surface area contributed by atoms with E-state index in [9.17, 15) is 14.9 Å². The first kappa shape index (κ1) is 18.4. The molecule has 2 aromatic carbocycles. The van der Waals surface area contributed by atoms with Crippen molar-refractivity contribution in [1.29, 1.82) is 0 Å². The van der Waals surface area contributed by atoms with Gasteiger partial charge in [-0.05, 0) is 29.3 Å². The Morgan fingerprint density at radius 3 is 2.62 bits per heavy atom. The van der Waals surface area contributed by atoms with Gasteiger partial charge in [0.05, 0.1) is 23.2 Å². The third-order valence-corrected chi connectivity index (χ3v) is 4.72. The number of esters is 1. The summed E-state index contributed by atoms with van der Waals surface area (Å²) >= 11 is 0. The van der Waals surface area contributed by atoms with Crippen LogP contribution >= 0.6 is 0 Å². The molecule has 0 fully saturated rings. The number of pyridine rings is 1. The molecule has 7 nitrogen and oxygen atoms in total. The van der Waals surface area contributed by atoms with Gasteiger partial charge in [0.25, 0.3) is 5.69 Å². The fourth-order valence-electron chi connectivity index (χ4n) is 3.37. The van der Waals surface area contributed by atoms with Crippen LogP contribution < -0.4 is 0 Å². The van der Waals surface area contributed by atoms with Gasteiger partial charge in [-0.3, -0.25) is 10.1 Å². The number of benzene rings is 2. The second-order valence-corrected chi connectivity index (χ2v) is 6.51. The summed E-state index contributed by atoms with van der Waals surface area (Å²) in [5.41, 5.74) is 4.42. The summed E-state index contributed by atoms with van der Waals surface area (Å²) in [6, 6.07) is 19.7. The summed E-state index contributed by atoms with van der Waals surface area (Å²) in [7, 11) is 1.32. The van der Waals surface area contributed by atoms with E-state index in [1.54, 1.807) is 18.2 Å². The first-order chi connectivity index (χ1) is 14.1. The van der Waals surface area contributed by atoms with Crippen LogP contribution in [0.1, 0.15) is 21.7 Å². The van der Waals surface area contributed by atoms with E-state index >= 15 is 0 Å². The quantitative estimate of drug-likeness (QED) is 0.308. The Kier molecular flexibility index (Phi) is 4.78. The summed E-state index contributed by atoms with van der Waals surface area (Å²) in [5, 5.41) is 12.0. The number of fused-ring (bicyclic) bond motifs is 1. The van der Waals surface area contributed by atoms with Gasteiger partial charge in [-0.1, -0.05) is 36.4 Å². The largest absolute Gasteiger partial charge is 0.464 e. The lowest BCUT2D eigenvalue weighted by atomic mass is 10.0. The molecule has 144 valence electrons. The Hall–Kier alpha value is -4.00. The number of ether oxygens (including phenoxy) is 1. The van der Waals surface area contributed by atoms with Gasteiger partial charge < -0.3 is 9.72 Å². The maximum Gasteiger partial charge on any atom is 0.356 e. The van der Waals surface area contributed by atoms with Crippen molar-refractivity contribution in [2.24, 2.45) is 0 Å². The van der Waals surface area contributed by atoms with Gasteiger partial charge in [0.15, 0.2) is 0 Å². The minimum Gasteiger partial charge on any atom is -0.464 e. The molecule has 4 aromatic rings. The number of aromatic nitrogens is 2. The fourth-order valence-corrected chi connectivity index (χ4v) is 3.37. The number of hydrogen-bond donors (Lipinski definition) is 1. The predicted molar refractivity (Wildman–Crippen MR) is 109 cm³/mol. The van der Waals surface area contributed by atoms with Crippen molar-refractivity contribution in [3.8, 4) is 11.3 Å². The number of methoxy groups -OCH3 is 1. The number of nitrogens with zero attached hydrogens (tertiary/aromatic N) is 2. The average Bonchev–Trinajstić information content (AvgIpc) is 3.11. The minimum atomic E-state index is -0.496. The summed E-state index contributed by atoms with van der Waals surface area (Å²) < 4.78 is 4.75. The number of nitro groups is 1. The Bertz CT molecular complexity index is 1220. The fraction of sp³-hybridized carbons (Fsp3) is 0.0909. The SMILES string of the molecule is COC(=O)c1cccc(Cc2c(-c3ccccc3)[nH]c3cc([N+](=O)[O-])ccc23)n1. The van der Waals surface area contributed by atoms with E-state index in [0.717, 1.165) is 22.2 Å². The van der Waals surface area contributed by atoms with Crippen LogP contribution in [-0.4, -0.2) is 28.0 Å². The highest BCUT2D eigenvalue weighted by molar-refractivity contribution is 5.92. The molecule has 0 saturated carbocycles. The summed E-state index contributed by atoms with van der Waals surface area (Å²) in [6.07, 6.45) is 0.451. The van der Waals surface area contributed by atoms with E-state index in [1.807, 2.05) is 36.4 Å². The van der Waals surface area contributed by atoms with Crippen LogP contribution in [0.2, 0.25) is 0 Å². The van der Waals surface area contributed by atoms with Gasteiger partial charge in [0, 0.05) is 29.6 Å². The number of carbonyl (C=O) groups excluding carboxylic acids is 1. The summed E-state index contributed by atoms with van der Waals surface area (Å²) in [4.78, 5) is 30.3. The molecular formula is C22H17N3O4. The maximum absolute atomic E-state index is 11.8. The molecule has 0 aliphatic rings. The van der Waals surface area contributed by atoms with Crippen LogP contribution in [0.3, 0.4) is 0 Å². The molecule has 0 amide bonds. The normalized spacial score (nSPS) is 10.8. The Morgan fingerprint density at radius 1 is 1.10 bits per heavy atom. The number of aromatic amines is 1. The number of non-ortho nitro benzene ring substituents is 1. The zero-order chi connectivity index (χ0) is 20.4. The first-order valence-corrected chi connectivity index (χ1v) is 8.95. The second-order valence-electron chi connectivity index (χ2n) is 6.51. The van der Waals surface area contributed by atoms with E-state index < -0.39 is 10.9 Å². The van der Waals surface area contributed by atoms with Gasteiger partial charge >= 0.3 is 5.97 Å². The monoisotopic (exact) mass is 387 g/mol. The topological polar surface area (TPSA) is 98.1 Å². The zero-order valence-corrected chi connectivity index (χ0v) is 15.6. The Balaban J connectivity index is 1.86. The van der Waals surface area contributed by atoms with Gasteiger partial charge in [-0.25, -0.2) is 9.78 Å². The molecule has 2 heterocycles. The van der Waals surface area contributed by atoms with Gasteiger partial charge in [-0.15, -0.1) is 0 Å². The van der Waals surface area contributed by atoms with Gasteiger partial charge in [-0.2, -0.15) is 0 Å². The Labute approximate surface area is 166 Å². The van der Waals surface area contributed by atoms with Crippen LogP contribution in [0.25, 0.3) is 22.2 Å². The van der Waals surface area contributed by atoms with Crippen molar-refractivity contribution in [3.05, 3.63) is 93.8 Å². The van der Waals surface area contributed by atoms with E-state index in [1.165, 1.54) is 19.2 Å². The lowest BCUT2D eigenvalue weighted by Gasteiger charge is -2.07. The van der Waals surface area contributed by atoms with E-state index in [0.29, 0.717) is 17.6 Å². The molecule has 2 aromatic heterocycles. The van der Waals surface area contributed by atoms with Crippen molar-refractivity contribution in [2.75, 3.05) is 7.11 Å². The van der Waals surface area contributed by atoms with Crippen molar-refractivity contribution in [2.45, 2.75) is 6.42 Å². The maximum atomic E-state index is 11.8. The number of H-pyrrole nitrogens is 1. The molecular weight excluding hydrogens is 370 g/mol. The minimum absolute atomic E-state index is 0.0238. The standard InChI is InChI=1S/C22H17N3O4/c1-29-22(26)19-9-5-8-15(23-19)12-18-17-11-10-16(25(27)28)13-20(17)24-21(18)14-6-3-2-4-7-14/h2-11,13,24H,12H2,1H3. The molecule has 0 aliphatic heterocycles. The third-order valence-electron chi connectivity index (χ3n) is 4.72. The van der Waals surface area contributed by atoms with Crippen LogP contribution in [0.5, 0.6) is 0 Å². The Morgan fingerprint density at radius 2 is 1.90 bits per heavy atom. The molecule has 0 bridgehead atoms. The van der Waals surface area contributed by atoms with Crippen molar-refractivity contribution >= 4 is 22.6 Å². The van der Waals surface area contributed by atoms with Crippen molar-refractivity contribution < 1.29 is 14.5 Å². The molecule has 7 heteroatoms. The van der Waals surface area contributed by atoms with Crippen LogP contribution in [0, 0.1) is 10.1 Å². The highest BCUT2D eigenvalue weighted by Gasteiger charge is 2.17. The van der Waals surface area contributed by atoms with Gasteiger partial charge in [0.2, 0.25) is 0 Å². The molecule has 29 heavy (non-hydrogen) atoms. The highest BCUT2D eigenvalue weighted by atomic mass is 16.6. The van der Waals surface area contributed by atoms with Crippen LogP contribution in [-0.2, 0) is 11.2 Å². The summed E-state index contributed by atoms with van der Waals surface area (Å²) in [6.45, 7) is 0. The molecule has 0 saturated heterocycles. The first-order valence-electron chi connectivity index (χ1n) is 8.95. The lowest BCUT2D eigenvalue weighted by Crippen LogP contribution is -2.06.